The van der Waals surface area contributed by atoms with Crippen LogP contribution in [0.2, 0.25) is 0 Å². The maximum atomic E-state index is 13.0. The molecule has 18 heavy (non-hydrogen) atoms. The summed E-state index contributed by atoms with van der Waals surface area (Å²) in [7, 11) is 0. The minimum absolute atomic E-state index is 0.00181. The molecule has 1 aromatic rings. The predicted molar refractivity (Wildman–Crippen MR) is 72.2 cm³/mol. The van der Waals surface area contributed by atoms with Gasteiger partial charge in [-0.05, 0) is 38.0 Å². The van der Waals surface area contributed by atoms with Gasteiger partial charge in [-0.3, -0.25) is 0 Å². The molecular weight excluding hydrogens is 234 g/mol. The summed E-state index contributed by atoms with van der Waals surface area (Å²) in [4.78, 5) is 0. The number of anilines is 1. The molecule has 0 fully saturated rings. The summed E-state index contributed by atoms with van der Waals surface area (Å²) < 4.78 is 25.9. The number of nitrogen functional groups attached to an aromatic ring is 1. The Morgan fingerprint density at radius 3 is 2.67 bits per heavy atom. The molecule has 1 aromatic carbocycles. The van der Waals surface area contributed by atoms with Crippen LogP contribution in [-0.2, 0) is 0 Å². The summed E-state index contributed by atoms with van der Waals surface area (Å²) in [6.07, 6.45) is 0.325. The molecule has 0 heterocycles. The zero-order valence-corrected chi connectivity index (χ0v) is 10.8. The van der Waals surface area contributed by atoms with Crippen LogP contribution >= 0.6 is 0 Å². The molecule has 0 saturated heterocycles. The second-order valence-corrected chi connectivity index (χ2v) is 4.48. The molecule has 0 aliphatic rings. The zero-order valence-electron chi connectivity index (χ0n) is 10.8. The van der Waals surface area contributed by atoms with Gasteiger partial charge in [0.15, 0.2) is 0 Å². The second kappa shape index (κ2) is 6.38. The third-order valence-corrected chi connectivity index (χ3v) is 2.82. The summed E-state index contributed by atoms with van der Waals surface area (Å²) in [5.74, 6) is -0.381. The summed E-state index contributed by atoms with van der Waals surface area (Å²) in [6.45, 7) is 7.38. The first-order valence-corrected chi connectivity index (χ1v) is 6.09. The Bertz CT molecular complexity index is 416. The van der Waals surface area contributed by atoms with Crippen molar-refractivity contribution in [3.63, 3.8) is 0 Å². The number of rotatable bonds is 6. The van der Waals surface area contributed by atoms with Gasteiger partial charge >= 0.3 is 0 Å². The van der Waals surface area contributed by atoms with Gasteiger partial charge < -0.3 is 11.1 Å². The molecule has 0 aliphatic carbocycles. The van der Waals surface area contributed by atoms with Gasteiger partial charge in [-0.15, -0.1) is 0 Å². The van der Waals surface area contributed by atoms with Gasteiger partial charge in [0.25, 0.3) is 0 Å². The molecular formula is C14H20F2N2. The summed E-state index contributed by atoms with van der Waals surface area (Å²) in [6, 6.07) is 4.16. The molecule has 1 rings (SSSR count). The molecule has 2 unspecified atom stereocenters. The Kier molecular flexibility index (Phi) is 5.13. The number of benzene rings is 1. The molecule has 3 N–H and O–H groups in total. The SMILES string of the molecule is C=C(NC(CC)CC(C)F)c1ccc(F)cc1N. The van der Waals surface area contributed by atoms with Gasteiger partial charge in [0.2, 0.25) is 0 Å². The highest BCUT2D eigenvalue weighted by molar-refractivity contribution is 5.72. The van der Waals surface area contributed by atoms with Crippen molar-refractivity contribution in [1.29, 1.82) is 0 Å². The van der Waals surface area contributed by atoms with Gasteiger partial charge in [0.1, 0.15) is 5.82 Å². The van der Waals surface area contributed by atoms with Gasteiger partial charge in [0.05, 0.1) is 6.17 Å². The smallest absolute Gasteiger partial charge is 0.125 e. The largest absolute Gasteiger partial charge is 0.398 e. The number of hydrogen-bond acceptors (Lipinski definition) is 2. The topological polar surface area (TPSA) is 38.0 Å². The van der Waals surface area contributed by atoms with E-state index >= 15 is 0 Å². The van der Waals surface area contributed by atoms with E-state index in [4.69, 9.17) is 5.73 Å². The van der Waals surface area contributed by atoms with Crippen LogP contribution in [-0.4, -0.2) is 12.2 Å². The highest BCUT2D eigenvalue weighted by Crippen LogP contribution is 2.20. The van der Waals surface area contributed by atoms with Crippen LogP contribution in [0.4, 0.5) is 14.5 Å². The van der Waals surface area contributed by atoms with Gasteiger partial charge in [-0.2, -0.15) is 0 Å². The van der Waals surface area contributed by atoms with E-state index in [9.17, 15) is 8.78 Å². The van der Waals surface area contributed by atoms with Crippen LogP contribution in [0.1, 0.15) is 32.3 Å². The van der Waals surface area contributed by atoms with E-state index in [1.54, 1.807) is 6.07 Å². The van der Waals surface area contributed by atoms with E-state index in [1.807, 2.05) is 6.92 Å². The van der Waals surface area contributed by atoms with Crippen LogP contribution < -0.4 is 11.1 Å². The van der Waals surface area contributed by atoms with Crippen LogP contribution in [0.15, 0.2) is 24.8 Å². The lowest BCUT2D eigenvalue weighted by Crippen LogP contribution is -2.29. The van der Waals surface area contributed by atoms with Gasteiger partial charge in [0, 0.05) is 23.0 Å². The molecule has 4 heteroatoms. The lowest BCUT2D eigenvalue weighted by Gasteiger charge is -2.21. The van der Waals surface area contributed by atoms with E-state index in [-0.39, 0.29) is 11.9 Å². The predicted octanol–water partition coefficient (Wildman–Crippen LogP) is 3.49. The van der Waals surface area contributed by atoms with Gasteiger partial charge in [-0.1, -0.05) is 13.5 Å². The first-order chi connectivity index (χ1) is 8.43. The quantitative estimate of drug-likeness (QED) is 0.762. The van der Waals surface area contributed by atoms with Crippen LogP contribution in [0, 0.1) is 5.82 Å². The van der Waals surface area contributed by atoms with Crippen molar-refractivity contribution in [1.82, 2.24) is 5.32 Å². The third-order valence-electron chi connectivity index (χ3n) is 2.82. The number of halogens is 2. The minimum atomic E-state index is -0.874. The number of nitrogens with one attached hydrogen (secondary N) is 1. The lowest BCUT2D eigenvalue weighted by molar-refractivity contribution is 0.306. The summed E-state index contributed by atoms with van der Waals surface area (Å²) in [5, 5.41) is 3.14. The summed E-state index contributed by atoms with van der Waals surface area (Å²) in [5.41, 5.74) is 7.31. The van der Waals surface area contributed by atoms with E-state index < -0.39 is 6.17 Å². The Morgan fingerprint density at radius 1 is 1.50 bits per heavy atom. The molecule has 2 atom stereocenters. The summed E-state index contributed by atoms with van der Waals surface area (Å²) >= 11 is 0. The Hall–Kier alpha value is -1.58. The first kappa shape index (κ1) is 14.5. The molecule has 100 valence electrons. The normalized spacial score (nSPS) is 14.0. The molecule has 0 spiro atoms. The van der Waals surface area contributed by atoms with E-state index in [1.165, 1.54) is 19.1 Å². The Labute approximate surface area is 107 Å². The molecule has 0 saturated carbocycles. The Balaban J connectivity index is 2.74. The molecule has 2 nitrogen and oxygen atoms in total. The number of nitrogens with two attached hydrogens (primary N) is 1. The average Bonchev–Trinajstić information content (AvgIpc) is 2.27. The lowest BCUT2D eigenvalue weighted by atomic mass is 10.1. The van der Waals surface area contributed by atoms with Crippen molar-refractivity contribution in [3.05, 3.63) is 36.2 Å². The van der Waals surface area contributed by atoms with Crippen LogP contribution in [0.5, 0.6) is 0 Å². The van der Waals surface area contributed by atoms with Crippen molar-refractivity contribution < 1.29 is 8.78 Å². The van der Waals surface area contributed by atoms with Crippen LogP contribution in [0.3, 0.4) is 0 Å². The fourth-order valence-electron chi connectivity index (χ4n) is 1.85. The molecule has 0 bridgehead atoms. The second-order valence-electron chi connectivity index (χ2n) is 4.48. The fourth-order valence-corrected chi connectivity index (χ4v) is 1.85. The average molecular weight is 254 g/mol. The maximum absolute atomic E-state index is 13.0. The number of alkyl halides is 1. The zero-order chi connectivity index (χ0) is 13.7. The highest BCUT2D eigenvalue weighted by atomic mass is 19.1. The van der Waals surface area contributed by atoms with Crippen molar-refractivity contribution in [2.24, 2.45) is 0 Å². The maximum Gasteiger partial charge on any atom is 0.125 e. The highest BCUT2D eigenvalue weighted by Gasteiger charge is 2.13. The van der Waals surface area contributed by atoms with Gasteiger partial charge in [-0.25, -0.2) is 8.78 Å². The van der Waals surface area contributed by atoms with Crippen molar-refractivity contribution in [3.8, 4) is 0 Å². The molecule has 0 aliphatic heterocycles. The van der Waals surface area contributed by atoms with Crippen molar-refractivity contribution >= 4 is 11.4 Å². The molecule has 0 radical (unpaired) electrons. The minimum Gasteiger partial charge on any atom is -0.398 e. The first-order valence-electron chi connectivity index (χ1n) is 6.09. The molecule has 0 amide bonds. The molecule has 0 aromatic heterocycles. The fraction of sp³-hybridized carbons (Fsp3) is 0.429. The van der Waals surface area contributed by atoms with Crippen LogP contribution in [0.25, 0.3) is 5.70 Å². The monoisotopic (exact) mass is 254 g/mol. The third kappa shape index (κ3) is 4.02. The number of hydrogen-bond donors (Lipinski definition) is 2. The van der Waals surface area contributed by atoms with E-state index in [0.29, 0.717) is 23.4 Å². The Morgan fingerprint density at radius 2 is 2.17 bits per heavy atom. The van der Waals surface area contributed by atoms with Crippen molar-refractivity contribution in [2.45, 2.75) is 38.9 Å². The van der Waals surface area contributed by atoms with Crippen molar-refractivity contribution in [2.75, 3.05) is 5.73 Å². The standard InChI is InChI=1S/C14H20F2N2/c1-4-12(7-9(2)15)18-10(3)13-6-5-11(16)8-14(13)17/h5-6,8-9,12,18H,3-4,7,17H2,1-2H3. The van der Waals surface area contributed by atoms with E-state index in [0.717, 1.165) is 6.42 Å². The van der Waals surface area contributed by atoms with E-state index in [2.05, 4.69) is 11.9 Å².